The molecule has 1 saturated heterocycles. The Kier molecular flexibility index (Phi) is 6.22. The van der Waals surface area contributed by atoms with Gasteiger partial charge in [0, 0.05) is 13.7 Å². The van der Waals surface area contributed by atoms with E-state index in [1.165, 1.54) is 25.8 Å². The first-order valence-electron chi connectivity index (χ1n) is 6.15. The molecular weight excluding hydrogens is 190 g/mol. The van der Waals surface area contributed by atoms with Crippen molar-refractivity contribution in [3.63, 3.8) is 0 Å². The van der Waals surface area contributed by atoms with E-state index in [1.807, 2.05) is 14.0 Å². The van der Waals surface area contributed by atoms with E-state index in [2.05, 4.69) is 4.90 Å². The molecule has 1 aliphatic rings. The number of methoxy groups -OCH3 is 1. The Morgan fingerprint density at radius 1 is 1.47 bits per heavy atom. The first-order valence-corrected chi connectivity index (χ1v) is 6.15. The van der Waals surface area contributed by atoms with Crippen LogP contribution in [0.5, 0.6) is 0 Å². The zero-order valence-electron chi connectivity index (χ0n) is 10.1. The van der Waals surface area contributed by atoms with Gasteiger partial charge in [0.1, 0.15) is 0 Å². The molecular formula is C12H25NO2. The van der Waals surface area contributed by atoms with E-state index >= 15 is 0 Å². The van der Waals surface area contributed by atoms with Crippen LogP contribution in [0.4, 0.5) is 0 Å². The Morgan fingerprint density at radius 2 is 2.27 bits per heavy atom. The van der Waals surface area contributed by atoms with E-state index in [4.69, 9.17) is 9.84 Å². The predicted octanol–water partition coefficient (Wildman–Crippen LogP) is 1.65. The summed E-state index contributed by atoms with van der Waals surface area (Å²) in [5.74, 6) is 0. The molecule has 15 heavy (non-hydrogen) atoms. The number of hydrogen-bond acceptors (Lipinski definition) is 3. The average Bonchev–Trinajstić information content (AvgIpc) is 2.24. The maximum atomic E-state index is 9.14. The standard InChI is InChI=1S/C12H25NO2/c1-11(14)6-3-4-8-13-9-5-7-12(10-13)15-2/h11-12,14H,3-10H2,1-2H3. The Labute approximate surface area is 93.4 Å². The number of rotatable bonds is 6. The van der Waals surface area contributed by atoms with Gasteiger partial charge >= 0.3 is 0 Å². The first kappa shape index (κ1) is 12.9. The van der Waals surface area contributed by atoms with E-state index in [-0.39, 0.29) is 6.10 Å². The summed E-state index contributed by atoms with van der Waals surface area (Å²) in [6, 6.07) is 0. The summed E-state index contributed by atoms with van der Waals surface area (Å²) >= 11 is 0. The van der Waals surface area contributed by atoms with Crippen LogP contribution in [0.15, 0.2) is 0 Å². The molecule has 0 saturated carbocycles. The van der Waals surface area contributed by atoms with Crippen molar-refractivity contribution in [1.82, 2.24) is 4.90 Å². The molecule has 90 valence electrons. The largest absolute Gasteiger partial charge is 0.393 e. The van der Waals surface area contributed by atoms with Gasteiger partial charge in [0.15, 0.2) is 0 Å². The second-order valence-electron chi connectivity index (χ2n) is 4.65. The van der Waals surface area contributed by atoms with Crippen molar-refractivity contribution in [3.05, 3.63) is 0 Å². The molecule has 0 spiro atoms. The van der Waals surface area contributed by atoms with Gasteiger partial charge in [-0.15, -0.1) is 0 Å². The van der Waals surface area contributed by atoms with Crippen LogP contribution in [0.1, 0.15) is 39.0 Å². The SMILES string of the molecule is COC1CCCN(CCCCC(C)O)C1. The van der Waals surface area contributed by atoms with Crippen molar-refractivity contribution in [2.45, 2.75) is 51.2 Å². The van der Waals surface area contributed by atoms with Crippen molar-refractivity contribution in [2.24, 2.45) is 0 Å². The van der Waals surface area contributed by atoms with E-state index in [1.54, 1.807) is 0 Å². The molecule has 0 aromatic heterocycles. The number of piperidine rings is 1. The van der Waals surface area contributed by atoms with Crippen LogP contribution in [0.2, 0.25) is 0 Å². The lowest BCUT2D eigenvalue weighted by atomic mass is 10.1. The molecule has 2 unspecified atom stereocenters. The van der Waals surface area contributed by atoms with Gasteiger partial charge in [0.05, 0.1) is 12.2 Å². The normalized spacial score (nSPS) is 25.4. The summed E-state index contributed by atoms with van der Waals surface area (Å²) in [6.45, 7) is 5.33. The zero-order valence-corrected chi connectivity index (χ0v) is 10.1. The number of unbranched alkanes of at least 4 members (excludes halogenated alkanes) is 1. The predicted molar refractivity (Wildman–Crippen MR) is 62.0 cm³/mol. The maximum absolute atomic E-state index is 9.14. The molecule has 0 radical (unpaired) electrons. The Bertz CT molecular complexity index is 162. The summed E-state index contributed by atoms with van der Waals surface area (Å²) in [7, 11) is 1.81. The highest BCUT2D eigenvalue weighted by molar-refractivity contribution is 4.72. The van der Waals surface area contributed by atoms with Gasteiger partial charge in [-0.3, -0.25) is 0 Å². The van der Waals surface area contributed by atoms with Gasteiger partial charge in [-0.05, 0) is 52.1 Å². The molecule has 2 atom stereocenters. The van der Waals surface area contributed by atoms with E-state index in [9.17, 15) is 0 Å². The van der Waals surface area contributed by atoms with Crippen molar-refractivity contribution in [2.75, 3.05) is 26.7 Å². The molecule has 0 aliphatic carbocycles. The fourth-order valence-corrected chi connectivity index (χ4v) is 2.18. The fourth-order valence-electron chi connectivity index (χ4n) is 2.18. The van der Waals surface area contributed by atoms with Gasteiger partial charge in [-0.25, -0.2) is 0 Å². The van der Waals surface area contributed by atoms with Crippen molar-refractivity contribution >= 4 is 0 Å². The third-order valence-electron chi connectivity index (χ3n) is 3.14. The molecule has 0 aromatic carbocycles. The summed E-state index contributed by atoms with van der Waals surface area (Å²) in [6.07, 6.45) is 6.03. The highest BCUT2D eigenvalue weighted by Crippen LogP contribution is 2.13. The second-order valence-corrected chi connectivity index (χ2v) is 4.65. The van der Waals surface area contributed by atoms with Crippen LogP contribution in [0.25, 0.3) is 0 Å². The first-order chi connectivity index (χ1) is 7.22. The number of hydrogen-bond donors (Lipinski definition) is 1. The molecule has 3 nitrogen and oxygen atoms in total. The van der Waals surface area contributed by atoms with Crippen LogP contribution < -0.4 is 0 Å². The van der Waals surface area contributed by atoms with Gasteiger partial charge < -0.3 is 14.7 Å². The number of ether oxygens (including phenoxy) is 1. The third-order valence-corrected chi connectivity index (χ3v) is 3.14. The Morgan fingerprint density at radius 3 is 2.93 bits per heavy atom. The van der Waals surface area contributed by atoms with Crippen molar-refractivity contribution in [1.29, 1.82) is 0 Å². The molecule has 1 heterocycles. The minimum Gasteiger partial charge on any atom is -0.393 e. The smallest absolute Gasteiger partial charge is 0.0698 e. The number of nitrogens with zero attached hydrogens (tertiary/aromatic N) is 1. The van der Waals surface area contributed by atoms with Gasteiger partial charge in [-0.2, -0.15) is 0 Å². The Balaban J connectivity index is 2.05. The topological polar surface area (TPSA) is 32.7 Å². The van der Waals surface area contributed by atoms with Gasteiger partial charge in [0.2, 0.25) is 0 Å². The average molecular weight is 215 g/mol. The number of aliphatic hydroxyl groups is 1. The summed E-state index contributed by atoms with van der Waals surface area (Å²) < 4.78 is 5.38. The van der Waals surface area contributed by atoms with Gasteiger partial charge in [-0.1, -0.05) is 0 Å². The quantitative estimate of drug-likeness (QED) is 0.684. The fraction of sp³-hybridized carbons (Fsp3) is 1.00. The lowest BCUT2D eigenvalue weighted by Crippen LogP contribution is -2.39. The lowest BCUT2D eigenvalue weighted by Gasteiger charge is -2.31. The van der Waals surface area contributed by atoms with Gasteiger partial charge in [0.25, 0.3) is 0 Å². The highest BCUT2D eigenvalue weighted by atomic mass is 16.5. The Hall–Kier alpha value is -0.120. The second kappa shape index (κ2) is 7.20. The van der Waals surface area contributed by atoms with Crippen molar-refractivity contribution < 1.29 is 9.84 Å². The van der Waals surface area contributed by atoms with E-state index in [0.717, 1.165) is 25.9 Å². The summed E-state index contributed by atoms with van der Waals surface area (Å²) in [4.78, 5) is 2.49. The minimum atomic E-state index is -0.141. The van der Waals surface area contributed by atoms with Crippen LogP contribution in [0, 0.1) is 0 Å². The minimum absolute atomic E-state index is 0.141. The highest BCUT2D eigenvalue weighted by Gasteiger charge is 2.18. The van der Waals surface area contributed by atoms with Crippen LogP contribution >= 0.6 is 0 Å². The number of aliphatic hydroxyl groups excluding tert-OH is 1. The van der Waals surface area contributed by atoms with Crippen LogP contribution in [-0.4, -0.2) is 49.0 Å². The van der Waals surface area contributed by atoms with Crippen molar-refractivity contribution in [3.8, 4) is 0 Å². The molecule has 0 bridgehead atoms. The molecule has 1 rings (SSSR count). The zero-order chi connectivity index (χ0) is 11.1. The third kappa shape index (κ3) is 5.50. The molecule has 1 aliphatic heterocycles. The molecule has 0 aromatic rings. The molecule has 3 heteroatoms. The van der Waals surface area contributed by atoms with Crippen LogP contribution in [0.3, 0.4) is 0 Å². The summed E-state index contributed by atoms with van der Waals surface area (Å²) in [5, 5.41) is 9.14. The molecule has 1 N–H and O–H groups in total. The number of likely N-dealkylation sites (tertiary alicyclic amines) is 1. The maximum Gasteiger partial charge on any atom is 0.0698 e. The van der Waals surface area contributed by atoms with E-state index in [0.29, 0.717) is 6.10 Å². The monoisotopic (exact) mass is 215 g/mol. The van der Waals surface area contributed by atoms with E-state index < -0.39 is 0 Å². The van der Waals surface area contributed by atoms with Crippen LogP contribution in [-0.2, 0) is 4.74 Å². The molecule has 1 fully saturated rings. The molecule has 0 amide bonds. The lowest BCUT2D eigenvalue weighted by molar-refractivity contribution is 0.0305. The summed E-state index contributed by atoms with van der Waals surface area (Å²) in [5.41, 5.74) is 0.